The van der Waals surface area contributed by atoms with Crippen LogP contribution in [0.2, 0.25) is 5.02 Å². The molecule has 1 aromatic carbocycles. The molecule has 120 valence electrons. The highest BCUT2D eigenvalue weighted by molar-refractivity contribution is 6.31. The number of hydrogen-bond donors (Lipinski definition) is 2. The number of urea groups is 1. The maximum Gasteiger partial charge on any atom is 0.321 e. The summed E-state index contributed by atoms with van der Waals surface area (Å²) in [6.45, 7) is 2.18. The van der Waals surface area contributed by atoms with E-state index in [1.54, 1.807) is 4.90 Å². The number of ether oxygens (including phenoxy) is 1. The Bertz CT molecular complexity index is 586. The van der Waals surface area contributed by atoms with Crippen molar-refractivity contribution in [3.63, 3.8) is 0 Å². The second-order valence-electron chi connectivity index (χ2n) is 6.00. The van der Waals surface area contributed by atoms with Crippen molar-refractivity contribution in [2.45, 2.75) is 6.42 Å². The predicted molar refractivity (Wildman–Crippen MR) is 80.4 cm³/mol. The van der Waals surface area contributed by atoms with Gasteiger partial charge < -0.3 is 20.1 Å². The minimum absolute atomic E-state index is 0.00379. The first-order chi connectivity index (χ1) is 10.5. The highest BCUT2D eigenvalue weighted by Crippen LogP contribution is 2.41. The molecule has 2 N–H and O–H groups in total. The molecule has 2 amide bonds. The van der Waals surface area contributed by atoms with Crippen molar-refractivity contribution < 1.29 is 19.0 Å². The van der Waals surface area contributed by atoms with Crippen LogP contribution in [0.15, 0.2) is 18.2 Å². The van der Waals surface area contributed by atoms with Crippen molar-refractivity contribution in [2.24, 2.45) is 11.3 Å². The molecule has 2 aliphatic heterocycles. The highest BCUT2D eigenvalue weighted by atomic mass is 35.5. The molecule has 2 atom stereocenters. The number of anilines is 1. The molecule has 0 aromatic heterocycles. The number of nitrogens with one attached hydrogen (secondary N) is 1. The van der Waals surface area contributed by atoms with Gasteiger partial charge in [0.05, 0.1) is 18.2 Å². The molecule has 3 rings (SSSR count). The Balaban J connectivity index is 1.69. The molecule has 0 aliphatic carbocycles. The number of rotatable bonds is 2. The standard InChI is InChI=1S/C15H18ClFN2O3/c16-12-5-11(1-2-13(12)17)18-14(21)19-6-10-3-4-22-9-15(10,7-19)8-20/h1-2,5,10,20H,3-4,6-9H2,(H,18,21)/t10-,15+/m0/s1. The maximum absolute atomic E-state index is 13.1. The number of fused-ring (bicyclic) bond motifs is 1. The number of amides is 2. The summed E-state index contributed by atoms with van der Waals surface area (Å²) in [4.78, 5) is 14.0. The average Bonchev–Trinajstić information content (AvgIpc) is 2.91. The molecule has 0 saturated carbocycles. The van der Waals surface area contributed by atoms with Crippen LogP contribution in [0.1, 0.15) is 6.42 Å². The summed E-state index contributed by atoms with van der Waals surface area (Å²) in [7, 11) is 0. The van der Waals surface area contributed by atoms with Crippen LogP contribution < -0.4 is 5.32 Å². The summed E-state index contributed by atoms with van der Waals surface area (Å²) in [5.74, 6) is -0.281. The van der Waals surface area contributed by atoms with Gasteiger partial charge in [-0.05, 0) is 30.5 Å². The first-order valence-corrected chi connectivity index (χ1v) is 7.61. The van der Waals surface area contributed by atoms with E-state index in [9.17, 15) is 14.3 Å². The highest BCUT2D eigenvalue weighted by Gasteiger charge is 2.49. The molecule has 0 unspecified atom stereocenters. The molecule has 2 heterocycles. The molecular formula is C15H18ClFN2O3. The lowest BCUT2D eigenvalue weighted by Crippen LogP contribution is -2.43. The van der Waals surface area contributed by atoms with Crippen LogP contribution in [0.4, 0.5) is 14.9 Å². The van der Waals surface area contributed by atoms with Crippen LogP contribution >= 0.6 is 11.6 Å². The number of carbonyl (C=O) groups is 1. The van der Waals surface area contributed by atoms with Crippen LogP contribution in [0, 0.1) is 17.2 Å². The van der Waals surface area contributed by atoms with Crippen LogP contribution in [-0.2, 0) is 4.74 Å². The zero-order chi connectivity index (χ0) is 15.7. The lowest BCUT2D eigenvalue weighted by molar-refractivity contribution is -0.0555. The van der Waals surface area contributed by atoms with Gasteiger partial charge in [-0.25, -0.2) is 9.18 Å². The van der Waals surface area contributed by atoms with Gasteiger partial charge in [-0.2, -0.15) is 0 Å². The summed E-state index contributed by atoms with van der Waals surface area (Å²) >= 11 is 5.71. The van der Waals surface area contributed by atoms with E-state index >= 15 is 0 Å². The lowest BCUT2D eigenvalue weighted by atomic mass is 9.76. The predicted octanol–water partition coefficient (Wildman–Crippen LogP) is 2.34. The smallest absolute Gasteiger partial charge is 0.321 e. The van der Waals surface area contributed by atoms with Gasteiger partial charge in [0.1, 0.15) is 5.82 Å². The Morgan fingerprint density at radius 1 is 1.59 bits per heavy atom. The molecule has 0 spiro atoms. The monoisotopic (exact) mass is 328 g/mol. The van der Waals surface area contributed by atoms with E-state index in [2.05, 4.69) is 5.32 Å². The minimum Gasteiger partial charge on any atom is -0.396 e. The van der Waals surface area contributed by atoms with Crippen molar-refractivity contribution in [3.05, 3.63) is 29.0 Å². The number of hydrogen-bond acceptors (Lipinski definition) is 3. The van der Waals surface area contributed by atoms with Crippen molar-refractivity contribution in [1.82, 2.24) is 4.90 Å². The van der Waals surface area contributed by atoms with Crippen molar-refractivity contribution in [3.8, 4) is 0 Å². The zero-order valence-corrected chi connectivity index (χ0v) is 12.8. The third-order valence-electron chi connectivity index (χ3n) is 4.59. The third kappa shape index (κ3) is 2.78. The summed E-state index contributed by atoms with van der Waals surface area (Å²) in [6, 6.07) is 3.78. The molecule has 2 saturated heterocycles. The summed E-state index contributed by atoms with van der Waals surface area (Å²) in [6.07, 6.45) is 0.840. The summed E-state index contributed by atoms with van der Waals surface area (Å²) in [5.41, 5.74) is 0.0799. The maximum atomic E-state index is 13.1. The number of carbonyl (C=O) groups excluding carboxylic acids is 1. The number of benzene rings is 1. The van der Waals surface area contributed by atoms with Crippen molar-refractivity contribution in [2.75, 3.05) is 38.2 Å². The average molecular weight is 329 g/mol. The molecule has 5 nitrogen and oxygen atoms in total. The van der Waals surface area contributed by atoms with E-state index in [0.29, 0.717) is 32.0 Å². The number of aliphatic hydroxyl groups excluding tert-OH is 1. The van der Waals surface area contributed by atoms with Crippen LogP contribution in [0.3, 0.4) is 0 Å². The van der Waals surface area contributed by atoms with Gasteiger partial charge in [0.2, 0.25) is 0 Å². The largest absolute Gasteiger partial charge is 0.396 e. The number of nitrogens with zero attached hydrogens (tertiary/aromatic N) is 1. The number of likely N-dealkylation sites (tertiary alicyclic amines) is 1. The topological polar surface area (TPSA) is 61.8 Å². The Labute approximate surface area is 133 Å². The fraction of sp³-hybridized carbons (Fsp3) is 0.533. The minimum atomic E-state index is -0.525. The fourth-order valence-electron chi connectivity index (χ4n) is 3.25. The van der Waals surface area contributed by atoms with Gasteiger partial charge in [-0.15, -0.1) is 0 Å². The lowest BCUT2D eigenvalue weighted by Gasteiger charge is -2.36. The Morgan fingerprint density at radius 3 is 3.09 bits per heavy atom. The third-order valence-corrected chi connectivity index (χ3v) is 4.88. The van der Waals surface area contributed by atoms with E-state index in [0.717, 1.165) is 6.42 Å². The van der Waals surface area contributed by atoms with Gasteiger partial charge in [0, 0.05) is 30.8 Å². The van der Waals surface area contributed by atoms with Gasteiger partial charge in [0.15, 0.2) is 0 Å². The SMILES string of the molecule is O=C(Nc1ccc(F)c(Cl)c1)N1C[C@@H]2CCOC[C@]2(CO)C1. The molecule has 0 bridgehead atoms. The van der Waals surface area contributed by atoms with Gasteiger partial charge in [-0.1, -0.05) is 11.6 Å². The fourth-order valence-corrected chi connectivity index (χ4v) is 3.43. The Kier molecular flexibility index (Phi) is 4.25. The Morgan fingerprint density at radius 2 is 2.41 bits per heavy atom. The molecule has 2 fully saturated rings. The van der Waals surface area contributed by atoms with Gasteiger partial charge >= 0.3 is 6.03 Å². The second-order valence-corrected chi connectivity index (χ2v) is 6.41. The Hall–Kier alpha value is -1.37. The number of halogens is 2. The van der Waals surface area contributed by atoms with Gasteiger partial charge in [-0.3, -0.25) is 0 Å². The molecule has 7 heteroatoms. The quantitative estimate of drug-likeness (QED) is 0.876. The first-order valence-electron chi connectivity index (χ1n) is 7.24. The molecule has 0 radical (unpaired) electrons. The molecular weight excluding hydrogens is 311 g/mol. The summed E-state index contributed by atoms with van der Waals surface area (Å²) in [5, 5.41) is 12.4. The van der Waals surface area contributed by atoms with Crippen LogP contribution in [0.25, 0.3) is 0 Å². The van der Waals surface area contributed by atoms with Crippen LogP contribution in [-0.4, -0.2) is 48.9 Å². The molecule has 22 heavy (non-hydrogen) atoms. The van der Waals surface area contributed by atoms with Gasteiger partial charge in [0.25, 0.3) is 0 Å². The van der Waals surface area contributed by atoms with Crippen molar-refractivity contribution >= 4 is 23.3 Å². The van der Waals surface area contributed by atoms with Crippen LogP contribution in [0.5, 0.6) is 0 Å². The second kappa shape index (κ2) is 6.02. The van der Waals surface area contributed by atoms with E-state index in [1.165, 1.54) is 18.2 Å². The summed E-state index contributed by atoms with van der Waals surface area (Å²) < 4.78 is 18.6. The van der Waals surface area contributed by atoms with E-state index in [4.69, 9.17) is 16.3 Å². The normalized spacial score (nSPS) is 27.6. The van der Waals surface area contributed by atoms with E-state index in [1.807, 2.05) is 0 Å². The first kappa shape index (κ1) is 15.5. The van der Waals surface area contributed by atoms with Crippen molar-refractivity contribution in [1.29, 1.82) is 0 Å². The number of aliphatic hydroxyl groups is 1. The zero-order valence-electron chi connectivity index (χ0n) is 12.0. The van der Waals surface area contributed by atoms with E-state index in [-0.39, 0.29) is 29.0 Å². The van der Waals surface area contributed by atoms with E-state index < -0.39 is 5.82 Å². The molecule has 1 aromatic rings. The molecule has 2 aliphatic rings.